The Hall–Kier alpha value is -3.68. The maximum atomic E-state index is 13.5. The quantitative estimate of drug-likeness (QED) is 0.169. The summed E-state index contributed by atoms with van der Waals surface area (Å²) < 4.78 is 34.9. The average molecular weight is 611 g/mol. The predicted octanol–water partition coefficient (Wildman–Crippen LogP) is 6.63. The van der Waals surface area contributed by atoms with Crippen LogP contribution in [0.2, 0.25) is 5.02 Å². The summed E-state index contributed by atoms with van der Waals surface area (Å²) in [6.07, 6.45) is 1.31. The molecular weight excluding hydrogens is 590 g/mol. The third kappa shape index (κ3) is 7.00. The van der Waals surface area contributed by atoms with Gasteiger partial charge in [0.1, 0.15) is 23.2 Å². The molecule has 0 fully saturated rings. The van der Waals surface area contributed by atoms with Crippen molar-refractivity contribution in [3.8, 4) is 6.07 Å². The first-order valence-corrected chi connectivity index (χ1v) is 13.9. The molecule has 1 amide bonds. The lowest BCUT2D eigenvalue weighted by Gasteiger charge is -2.21. The summed E-state index contributed by atoms with van der Waals surface area (Å²) in [4.78, 5) is 12.7. The minimum absolute atomic E-state index is 0.0688. The predicted molar refractivity (Wildman–Crippen MR) is 149 cm³/mol. The largest absolute Gasteiger partial charge is 0.460 e. The van der Waals surface area contributed by atoms with Gasteiger partial charge >= 0.3 is 0 Å². The van der Waals surface area contributed by atoms with Gasteiger partial charge in [0, 0.05) is 27.8 Å². The molecule has 0 spiro atoms. The van der Waals surface area contributed by atoms with Gasteiger partial charge in [-0.15, -0.1) is 0 Å². The van der Waals surface area contributed by atoms with Crippen LogP contribution < -0.4 is 5.32 Å². The molecule has 192 valence electrons. The Labute approximate surface area is 234 Å². The summed E-state index contributed by atoms with van der Waals surface area (Å²) in [5.74, 6) is -0.00909. The average Bonchev–Trinajstić information content (AvgIpc) is 3.36. The molecule has 38 heavy (non-hydrogen) atoms. The lowest BCUT2D eigenvalue weighted by Crippen LogP contribution is -2.30. The van der Waals surface area contributed by atoms with Crippen LogP contribution in [0, 0.1) is 11.3 Å². The van der Waals surface area contributed by atoms with Crippen molar-refractivity contribution in [2.45, 2.75) is 18.0 Å². The minimum atomic E-state index is -3.87. The van der Waals surface area contributed by atoms with Gasteiger partial charge in [0.25, 0.3) is 5.91 Å². The maximum Gasteiger partial charge on any atom is 0.266 e. The normalized spacial score (nSPS) is 11.8. The smallest absolute Gasteiger partial charge is 0.266 e. The van der Waals surface area contributed by atoms with Crippen LogP contribution in [0.25, 0.3) is 6.08 Å². The van der Waals surface area contributed by atoms with E-state index in [-0.39, 0.29) is 29.3 Å². The van der Waals surface area contributed by atoms with Crippen LogP contribution in [-0.4, -0.2) is 18.6 Å². The lowest BCUT2D eigenvalue weighted by atomic mass is 10.2. The molecule has 0 saturated heterocycles. The van der Waals surface area contributed by atoms with Crippen molar-refractivity contribution in [2.75, 3.05) is 5.32 Å². The van der Waals surface area contributed by atoms with Crippen LogP contribution >= 0.6 is 27.5 Å². The summed E-state index contributed by atoms with van der Waals surface area (Å²) in [5, 5.41) is 12.7. The molecule has 7 nitrogen and oxygen atoms in total. The van der Waals surface area contributed by atoms with Gasteiger partial charge < -0.3 is 9.73 Å². The number of carbonyl (C=O) groups is 1. The fraction of sp³-hybridized carbons (Fsp3) is 0.0714. The number of carbonyl (C=O) groups excluding carboxylic acids is 1. The zero-order valence-corrected chi connectivity index (χ0v) is 23.0. The van der Waals surface area contributed by atoms with Crippen molar-refractivity contribution in [2.24, 2.45) is 0 Å². The van der Waals surface area contributed by atoms with E-state index < -0.39 is 15.9 Å². The Morgan fingerprint density at radius 3 is 2.32 bits per heavy atom. The van der Waals surface area contributed by atoms with Gasteiger partial charge in [-0.3, -0.25) is 4.79 Å². The van der Waals surface area contributed by atoms with E-state index in [1.807, 2.05) is 6.07 Å². The van der Waals surface area contributed by atoms with Gasteiger partial charge in [-0.2, -0.15) is 9.57 Å². The molecule has 10 heteroatoms. The molecule has 3 aromatic carbocycles. The van der Waals surface area contributed by atoms with Gasteiger partial charge in [-0.1, -0.05) is 57.9 Å². The number of hydrogen-bond donors (Lipinski definition) is 1. The highest BCUT2D eigenvalue weighted by Gasteiger charge is 2.26. The highest BCUT2D eigenvalue weighted by atomic mass is 79.9. The number of benzene rings is 3. The van der Waals surface area contributed by atoms with E-state index in [0.717, 1.165) is 10.0 Å². The summed E-state index contributed by atoms with van der Waals surface area (Å²) in [6.45, 7) is 0.0139. The minimum Gasteiger partial charge on any atom is -0.460 e. The second-order valence-corrected chi connectivity index (χ2v) is 11.4. The number of nitrogens with one attached hydrogen (secondary N) is 1. The first-order valence-electron chi connectivity index (χ1n) is 11.3. The van der Waals surface area contributed by atoms with Gasteiger partial charge in [0.15, 0.2) is 0 Å². The second-order valence-electron chi connectivity index (χ2n) is 8.15. The number of nitrogens with zero attached hydrogens (tertiary/aromatic N) is 2. The van der Waals surface area contributed by atoms with E-state index in [2.05, 4.69) is 21.2 Å². The van der Waals surface area contributed by atoms with Gasteiger partial charge in [-0.25, -0.2) is 8.42 Å². The molecule has 1 aromatic heterocycles. The van der Waals surface area contributed by atoms with E-state index in [0.29, 0.717) is 16.5 Å². The summed E-state index contributed by atoms with van der Waals surface area (Å²) in [7, 11) is -3.87. The molecule has 0 radical (unpaired) electrons. The van der Waals surface area contributed by atoms with Crippen molar-refractivity contribution < 1.29 is 17.6 Å². The van der Waals surface area contributed by atoms with Crippen molar-refractivity contribution in [3.05, 3.63) is 123 Å². The van der Waals surface area contributed by atoms with E-state index in [4.69, 9.17) is 16.0 Å². The molecule has 0 aliphatic heterocycles. The Morgan fingerprint density at radius 1 is 0.974 bits per heavy atom. The Kier molecular flexibility index (Phi) is 8.81. The van der Waals surface area contributed by atoms with Crippen molar-refractivity contribution in [1.29, 1.82) is 5.26 Å². The standard InChI is InChI=1S/C28H21BrClN3O4S/c29-22-8-12-24(13-9-22)32-28(34)21(17-31)16-25-14-15-26(37-25)19-33(18-20-6-10-23(30)11-7-20)38(35,36)27-4-2-1-3-5-27/h1-16H,18-19H2,(H,32,34)/b21-16-. The van der Waals surface area contributed by atoms with Crippen molar-refractivity contribution in [1.82, 2.24) is 4.31 Å². The molecule has 0 bridgehead atoms. The van der Waals surface area contributed by atoms with Gasteiger partial charge in [0.2, 0.25) is 10.0 Å². The fourth-order valence-corrected chi connectivity index (χ4v) is 5.32. The molecule has 4 rings (SSSR count). The SMILES string of the molecule is N#C/C(=C/c1ccc(CN(Cc2ccc(Cl)cc2)S(=O)(=O)c2ccccc2)o1)C(=O)Nc1ccc(Br)cc1. The van der Waals surface area contributed by atoms with Gasteiger partial charge in [0.05, 0.1) is 11.4 Å². The summed E-state index contributed by atoms with van der Waals surface area (Å²) in [6, 6.07) is 27.0. The molecule has 0 aliphatic carbocycles. The summed E-state index contributed by atoms with van der Waals surface area (Å²) in [5.41, 5.74) is 1.11. The number of nitriles is 1. The van der Waals surface area contributed by atoms with Crippen LogP contribution in [0.5, 0.6) is 0 Å². The zero-order valence-electron chi connectivity index (χ0n) is 19.8. The Bertz CT molecular complexity index is 1590. The molecule has 1 heterocycles. The van der Waals surface area contributed by atoms with Crippen LogP contribution in [-0.2, 0) is 27.9 Å². The van der Waals surface area contributed by atoms with Crippen molar-refractivity contribution in [3.63, 3.8) is 0 Å². The van der Waals surface area contributed by atoms with E-state index >= 15 is 0 Å². The number of anilines is 1. The van der Waals surface area contributed by atoms with Crippen LogP contribution in [0.3, 0.4) is 0 Å². The Morgan fingerprint density at radius 2 is 1.66 bits per heavy atom. The molecule has 0 saturated carbocycles. The van der Waals surface area contributed by atoms with Crippen LogP contribution in [0.1, 0.15) is 17.1 Å². The van der Waals surface area contributed by atoms with Crippen LogP contribution in [0.4, 0.5) is 5.69 Å². The third-order valence-corrected chi connectivity index (χ3v) is 8.01. The third-order valence-electron chi connectivity index (χ3n) is 5.42. The first kappa shape index (κ1) is 27.4. The number of amides is 1. The number of furan rings is 1. The zero-order chi connectivity index (χ0) is 27.1. The fourth-order valence-electron chi connectivity index (χ4n) is 3.51. The molecular formula is C28H21BrClN3O4S. The van der Waals surface area contributed by atoms with E-state index in [1.54, 1.807) is 78.9 Å². The number of hydrogen-bond acceptors (Lipinski definition) is 5. The molecule has 1 N–H and O–H groups in total. The molecule has 0 atom stereocenters. The monoisotopic (exact) mass is 609 g/mol. The molecule has 0 unspecified atom stereocenters. The number of rotatable bonds is 9. The Balaban J connectivity index is 1.56. The first-order chi connectivity index (χ1) is 18.2. The highest BCUT2D eigenvalue weighted by molar-refractivity contribution is 9.10. The number of sulfonamides is 1. The summed E-state index contributed by atoms with van der Waals surface area (Å²) >= 11 is 9.32. The van der Waals surface area contributed by atoms with Crippen molar-refractivity contribution >= 4 is 55.2 Å². The lowest BCUT2D eigenvalue weighted by molar-refractivity contribution is -0.112. The highest BCUT2D eigenvalue weighted by Crippen LogP contribution is 2.24. The van der Waals surface area contributed by atoms with Crippen LogP contribution in [0.15, 0.2) is 110 Å². The molecule has 4 aromatic rings. The number of halogens is 2. The molecule has 0 aliphatic rings. The topological polar surface area (TPSA) is 103 Å². The second kappa shape index (κ2) is 12.2. The maximum absolute atomic E-state index is 13.5. The van der Waals surface area contributed by atoms with E-state index in [9.17, 15) is 18.5 Å². The van der Waals surface area contributed by atoms with E-state index in [1.165, 1.54) is 22.5 Å². The van der Waals surface area contributed by atoms with Gasteiger partial charge in [-0.05, 0) is 66.2 Å².